The highest BCUT2D eigenvalue weighted by Crippen LogP contribution is 2.81. The predicted molar refractivity (Wildman–Crippen MR) is 66.1 cm³/mol. The maximum Gasteiger partial charge on any atom is 0.0693 e. The zero-order valence-corrected chi connectivity index (χ0v) is 10.6. The maximum absolute atomic E-state index is 11.0. The van der Waals surface area contributed by atoms with Crippen LogP contribution in [0.1, 0.15) is 26.7 Å². The fourth-order valence-electron chi connectivity index (χ4n) is 6.25. The van der Waals surface area contributed by atoms with Crippen molar-refractivity contribution >= 4 is 0 Å². The summed E-state index contributed by atoms with van der Waals surface area (Å²) >= 11 is 0. The van der Waals surface area contributed by atoms with Crippen molar-refractivity contribution in [1.82, 2.24) is 0 Å². The molecular weight excluding hydrogens is 208 g/mol. The fourth-order valence-corrected chi connectivity index (χ4v) is 6.25. The van der Waals surface area contributed by atoms with E-state index in [0.717, 1.165) is 30.1 Å². The summed E-state index contributed by atoms with van der Waals surface area (Å²) in [6.07, 6.45) is 9.85. The van der Waals surface area contributed by atoms with Crippen molar-refractivity contribution in [1.29, 1.82) is 0 Å². The molecule has 1 nitrogen and oxygen atoms in total. The molecule has 0 aromatic carbocycles. The Morgan fingerprint density at radius 2 is 2.12 bits per heavy atom. The summed E-state index contributed by atoms with van der Waals surface area (Å²) in [5.41, 5.74) is 1.93. The van der Waals surface area contributed by atoms with E-state index in [1.807, 2.05) is 0 Å². The lowest BCUT2D eigenvalue weighted by molar-refractivity contribution is -0.0334. The largest absolute Gasteiger partial charge is 0.392 e. The van der Waals surface area contributed by atoms with Gasteiger partial charge in [-0.3, -0.25) is 0 Å². The fraction of sp³-hybridized carbons (Fsp3) is 0.750. The van der Waals surface area contributed by atoms with Crippen LogP contribution in [0.15, 0.2) is 23.8 Å². The summed E-state index contributed by atoms with van der Waals surface area (Å²) in [6, 6.07) is 0. The molecule has 1 unspecified atom stereocenters. The minimum Gasteiger partial charge on any atom is -0.392 e. The van der Waals surface area contributed by atoms with Crippen molar-refractivity contribution in [2.75, 3.05) is 0 Å². The molecule has 0 aromatic heterocycles. The van der Waals surface area contributed by atoms with Gasteiger partial charge < -0.3 is 5.11 Å². The summed E-state index contributed by atoms with van der Waals surface area (Å²) in [5, 5.41) is 11.0. The molecule has 0 saturated heterocycles. The van der Waals surface area contributed by atoms with Gasteiger partial charge in [0.05, 0.1) is 6.10 Å². The summed E-state index contributed by atoms with van der Waals surface area (Å²) in [6.45, 7) is 4.52. The normalized spacial score (nSPS) is 63.4. The minimum absolute atomic E-state index is 0.0986. The SMILES string of the molecule is CC1(C)CC2=C[C@@H]3C=C[C@H]4[C@H]5C[C@@H]3[C@]2(C1O)[C@H]45. The molecule has 3 fully saturated rings. The number of aliphatic hydroxyl groups excluding tert-OH is 1. The van der Waals surface area contributed by atoms with Crippen LogP contribution < -0.4 is 0 Å². The Balaban J connectivity index is 1.78. The summed E-state index contributed by atoms with van der Waals surface area (Å²) in [4.78, 5) is 0. The molecule has 1 N–H and O–H groups in total. The number of hydrogen-bond acceptors (Lipinski definition) is 1. The highest BCUT2D eigenvalue weighted by Gasteiger charge is 2.78. The van der Waals surface area contributed by atoms with Crippen LogP contribution in [0.3, 0.4) is 0 Å². The van der Waals surface area contributed by atoms with Gasteiger partial charge in [-0.15, -0.1) is 0 Å². The molecule has 90 valence electrons. The van der Waals surface area contributed by atoms with Gasteiger partial charge in [0, 0.05) is 5.41 Å². The Morgan fingerprint density at radius 3 is 2.94 bits per heavy atom. The Kier molecular flexibility index (Phi) is 1.27. The first-order chi connectivity index (χ1) is 8.07. The van der Waals surface area contributed by atoms with E-state index in [2.05, 4.69) is 32.1 Å². The Labute approximate surface area is 103 Å². The first-order valence-corrected chi connectivity index (χ1v) is 7.14. The van der Waals surface area contributed by atoms with Gasteiger partial charge in [-0.1, -0.05) is 37.6 Å². The molecular formula is C16H20O. The van der Waals surface area contributed by atoms with E-state index in [4.69, 9.17) is 0 Å². The van der Waals surface area contributed by atoms with Gasteiger partial charge in [-0.05, 0) is 47.8 Å². The van der Waals surface area contributed by atoms with Gasteiger partial charge in [0.2, 0.25) is 0 Å². The van der Waals surface area contributed by atoms with Crippen molar-refractivity contribution in [3.8, 4) is 0 Å². The highest BCUT2D eigenvalue weighted by molar-refractivity contribution is 5.46. The van der Waals surface area contributed by atoms with Crippen molar-refractivity contribution in [2.45, 2.75) is 32.8 Å². The van der Waals surface area contributed by atoms with E-state index < -0.39 is 0 Å². The third-order valence-electron chi connectivity index (χ3n) is 6.73. The smallest absolute Gasteiger partial charge is 0.0693 e. The molecule has 1 spiro atoms. The lowest BCUT2D eigenvalue weighted by Crippen LogP contribution is -2.43. The van der Waals surface area contributed by atoms with Crippen LogP contribution in [-0.2, 0) is 0 Å². The van der Waals surface area contributed by atoms with Crippen LogP contribution in [0.25, 0.3) is 0 Å². The minimum atomic E-state index is -0.101. The van der Waals surface area contributed by atoms with E-state index in [-0.39, 0.29) is 16.9 Å². The molecule has 0 radical (unpaired) electrons. The average Bonchev–Trinajstić information content (AvgIpc) is 2.72. The van der Waals surface area contributed by atoms with E-state index >= 15 is 0 Å². The lowest BCUT2D eigenvalue weighted by Gasteiger charge is -2.39. The number of allylic oxidation sites excluding steroid dienone is 3. The molecule has 0 aliphatic heterocycles. The van der Waals surface area contributed by atoms with Crippen LogP contribution in [0, 0.1) is 40.4 Å². The van der Waals surface area contributed by atoms with Crippen LogP contribution in [0.2, 0.25) is 0 Å². The molecule has 6 aliphatic carbocycles. The van der Waals surface area contributed by atoms with Crippen LogP contribution in [-0.4, -0.2) is 11.2 Å². The Morgan fingerprint density at radius 1 is 1.29 bits per heavy atom. The van der Waals surface area contributed by atoms with Gasteiger partial charge in [-0.2, -0.15) is 0 Å². The van der Waals surface area contributed by atoms with E-state index in [1.165, 1.54) is 6.42 Å². The first kappa shape index (κ1) is 9.38. The summed E-state index contributed by atoms with van der Waals surface area (Å²) < 4.78 is 0. The van der Waals surface area contributed by atoms with Crippen molar-refractivity contribution < 1.29 is 5.11 Å². The summed E-state index contributed by atoms with van der Waals surface area (Å²) in [7, 11) is 0. The van der Waals surface area contributed by atoms with Gasteiger partial charge >= 0.3 is 0 Å². The lowest BCUT2D eigenvalue weighted by atomic mass is 9.67. The average molecular weight is 228 g/mol. The number of hydrogen-bond donors (Lipinski definition) is 1. The molecule has 6 rings (SSSR count). The van der Waals surface area contributed by atoms with Crippen LogP contribution in [0.5, 0.6) is 0 Å². The Hall–Kier alpha value is -0.560. The highest BCUT2D eigenvalue weighted by atomic mass is 16.3. The second kappa shape index (κ2) is 2.30. The zero-order chi connectivity index (χ0) is 11.6. The van der Waals surface area contributed by atoms with E-state index in [0.29, 0.717) is 5.92 Å². The van der Waals surface area contributed by atoms with Crippen LogP contribution >= 0.6 is 0 Å². The Bertz CT molecular complexity index is 482. The number of rotatable bonds is 0. The van der Waals surface area contributed by atoms with Gasteiger partial charge in [-0.25, -0.2) is 0 Å². The van der Waals surface area contributed by atoms with Crippen molar-refractivity contribution in [3.63, 3.8) is 0 Å². The zero-order valence-electron chi connectivity index (χ0n) is 10.6. The molecule has 6 aliphatic rings. The molecule has 17 heavy (non-hydrogen) atoms. The third-order valence-corrected chi connectivity index (χ3v) is 6.73. The van der Waals surface area contributed by atoms with Crippen molar-refractivity contribution in [2.24, 2.45) is 40.4 Å². The molecule has 0 aromatic rings. The van der Waals surface area contributed by atoms with E-state index in [9.17, 15) is 5.11 Å². The first-order valence-electron chi connectivity index (χ1n) is 7.14. The topological polar surface area (TPSA) is 20.2 Å². The molecule has 1 heteroatoms. The molecule has 0 amide bonds. The van der Waals surface area contributed by atoms with Gasteiger partial charge in [0.25, 0.3) is 0 Å². The molecule has 0 heterocycles. The van der Waals surface area contributed by atoms with Crippen LogP contribution in [0.4, 0.5) is 0 Å². The van der Waals surface area contributed by atoms with E-state index in [1.54, 1.807) is 5.57 Å². The van der Waals surface area contributed by atoms with Gasteiger partial charge in [0.15, 0.2) is 0 Å². The number of aliphatic hydroxyl groups is 1. The monoisotopic (exact) mass is 228 g/mol. The maximum atomic E-state index is 11.0. The quantitative estimate of drug-likeness (QED) is 0.632. The molecule has 6 bridgehead atoms. The van der Waals surface area contributed by atoms with Gasteiger partial charge in [0.1, 0.15) is 0 Å². The molecule has 3 saturated carbocycles. The standard InChI is InChI=1S/C16H20O/c1-15(2)7-9-5-8-3-4-10-11-6-12(8)16(9,13(10)11)14(15)17/h3-5,8,10-14,17H,6-7H2,1-2H3/t8-,10-,11+,12-,13+,14?,16-/m0/s1. The third kappa shape index (κ3) is 0.739. The predicted octanol–water partition coefficient (Wildman–Crippen LogP) is 2.77. The summed E-state index contributed by atoms with van der Waals surface area (Å²) in [5.74, 6) is 3.89. The van der Waals surface area contributed by atoms with Crippen molar-refractivity contribution in [3.05, 3.63) is 23.8 Å². The second-order valence-corrected chi connectivity index (χ2v) is 7.76. The molecule has 7 atom stereocenters. The second-order valence-electron chi connectivity index (χ2n) is 7.76.